The molecule has 1 aromatic rings. The number of piperidine rings is 1. The second-order valence-corrected chi connectivity index (χ2v) is 5.98. The zero-order chi connectivity index (χ0) is 11.7. The number of aromatic nitrogens is 2. The Morgan fingerprint density at radius 1 is 1.06 bits per heavy atom. The highest BCUT2D eigenvalue weighted by molar-refractivity contribution is 7.99. The van der Waals surface area contributed by atoms with Crippen LogP contribution in [0.1, 0.15) is 37.2 Å². The maximum absolute atomic E-state index is 4.70. The highest BCUT2D eigenvalue weighted by Crippen LogP contribution is 2.36. The minimum absolute atomic E-state index is 0. The van der Waals surface area contributed by atoms with Gasteiger partial charge < -0.3 is 4.90 Å². The van der Waals surface area contributed by atoms with Gasteiger partial charge in [0.05, 0.1) is 10.6 Å². The lowest BCUT2D eigenvalue weighted by atomic mass is 10.1. The monoisotopic (exact) mass is 285 g/mol. The predicted molar refractivity (Wildman–Crippen MR) is 79.1 cm³/mol. The third-order valence-electron chi connectivity index (χ3n) is 3.49. The Bertz CT molecular complexity index is 419. The van der Waals surface area contributed by atoms with E-state index in [1.165, 1.54) is 60.9 Å². The fourth-order valence-corrected chi connectivity index (χ4v) is 3.77. The van der Waals surface area contributed by atoms with E-state index in [4.69, 9.17) is 4.98 Å². The molecule has 0 unspecified atom stereocenters. The summed E-state index contributed by atoms with van der Waals surface area (Å²) in [5.41, 5.74) is 1.29. The van der Waals surface area contributed by atoms with Gasteiger partial charge in [-0.3, -0.25) is 0 Å². The predicted octanol–water partition coefficient (Wildman–Crippen LogP) is 3.24. The average molecular weight is 286 g/mol. The fraction of sp³-hybridized carbons (Fsp3) is 0.692. The van der Waals surface area contributed by atoms with Gasteiger partial charge in [-0.1, -0.05) is 0 Å². The van der Waals surface area contributed by atoms with Gasteiger partial charge in [0.15, 0.2) is 0 Å². The summed E-state index contributed by atoms with van der Waals surface area (Å²) >= 11 is 1.95. The minimum atomic E-state index is 0. The summed E-state index contributed by atoms with van der Waals surface area (Å²) < 4.78 is 0. The van der Waals surface area contributed by atoms with Crippen LogP contribution in [0.2, 0.25) is 0 Å². The standard InChI is InChI=1S/C13H19N3S.ClH/c1-10-14-11-6-5-9-17-12(11)13(15-10)16-7-3-2-4-8-16;/h2-9H2,1H3;1H. The first kappa shape index (κ1) is 13.9. The Hall–Kier alpha value is -0.480. The van der Waals surface area contributed by atoms with Crippen LogP contribution >= 0.6 is 24.2 Å². The first-order valence-corrected chi connectivity index (χ1v) is 7.58. The molecular formula is C13H20ClN3S. The van der Waals surface area contributed by atoms with Crippen LogP contribution in [-0.2, 0) is 6.42 Å². The first-order valence-electron chi connectivity index (χ1n) is 6.60. The molecule has 3 rings (SSSR count). The molecule has 1 saturated heterocycles. The second-order valence-electron chi connectivity index (χ2n) is 4.87. The molecule has 0 atom stereocenters. The molecule has 0 spiro atoms. The van der Waals surface area contributed by atoms with Gasteiger partial charge in [-0.15, -0.1) is 24.2 Å². The van der Waals surface area contributed by atoms with Gasteiger partial charge in [-0.25, -0.2) is 9.97 Å². The van der Waals surface area contributed by atoms with Gasteiger partial charge in [0.1, 0.15) is 11.6 Å². The highest BCUT2D eigenvalue weighted by Gasteiger charge is 2.22. The Balaban J connectivity index is 0.00000120. The Morgan fingerprint density at radius 2 is 1.83 bits per heavy atom. The summed E-state index contributed by atoms with van der Waals surface area (Å²) in [5.74, 6) is 3.38. The van der Waals surface area contributed by atoms with E-state index in [9.17, 15) is 0 Å². The molecule has 1 aromatic heterocycles. The quantitative estimate of drug-likeness (QED) is 0.792. The number of hydrogen-bond donors (Lipinski definition) is 0. The maximum Gasteiger partial charge on any atom is 0.146 e. The lowest BCUT2D eigenvalue weighted by molar-refractivity contribution is 0.567. The summed E-state index contributed by atoms with van der Waals surface area (Å²) in [7, 11) is 0. The minimum Gasteiger partial charge on any atom is -0.356 e. The van der Waals surface area contributed by atoms with Crippen LogP contribution in [0.5, 0.6) is 0 Å². The number of rotatable bonds is 1. The van der Waals surface area contributed by atoms with Crippen LogP contribution in [0.3, 0.4) is 0 Å². The Morgan fingerprint density at radius 3 is 2.61 bits per heavy atom. The first-order chi connectivity index (χ1) is 8.34. The van der Waals surface area contributed by atoms with Crippen LogP contribution in [0.15, 0.2) is 4.90 Å². The van der Waals surface area contributed by atoms with Crippen LogP contribution in [0, 0.1) is 6.92 Å². The molecule has 0 aliphatic carbocycles. The van der Waals surface area contributed by atoms with Crippen molar-refractivity contribution in [2.24, 2.45) is 0 Å². The van der Waals surface area contributed by atoms with Gasteiger partial charge in [0, 0.05) is 13.1 Å². The molecule has 0 radical (unpaired) electrons. The van der Waals surface area contributed by atoms with Crippen LogP contribution in [0.25, 0.3) is 0 Å². The number of anilines is 1. The van der Waals surface area contributed by atoms with E-state index in [-0.39, 0.29) is 12.4 Å². The maximum atomic E-state index is 4.70. The van der Waals surface area contributed by atoms with Crippen molar-refractivity contribution < 1.29 is 0 Å². The van der Waals surface area contributed by atoms with Gasteiger partial charge in [0.25, 0.3) is 0 Å². The van der Waals surface area contributed by atoms with Gasteiger partial charge in [-0.2, -0.15) is 0 Å². The molecule has 2 aliphatic rings. The normalized spacial score (nSPS) is 19.1. The molecule has 5 heteroatoms. The van der Waals surface area contributed by atoms with Crippen LogP contribution in [0.4, 0.5) is 5.82 Å². The zero-order valence-corrected chi connectivity index (χ0v) is 12.4. The summed E-state index contributed by atoms with van der Waals surface area (Å²) in [4.78, 5) is 13.1. The molecule has 0 saturated carbocycles. The average Bonchev–Trinajstić information content (AvgIpc) is 2.39. The van der Waals surface area contributed by atoms with Crippen molar-refractivity contribution in [1.29, 1.82) is 0 Å². The van der Waals surface area contributed by atoms with Gasteiger partial charge in [0.2, 0.25) is 0 Å². The highest BCUT2D eigenvalue weighted by atomic mass is 35.5. The van der Waals surface area contributed by atoms with Gasteiger partial charge >= 0.3 is 0 Å². The largest absolute Gasteiger partial charge is 0.356 e. The summed E-state index contributed by atoms with van der Waals surface area (Å²) in [6.45, 7) is 4.36. The van der Waals surface area contributed by atoms with Crippen molar-refractivity contribution in [1.82, 2.24) is 9.97 Å². The van der Waals surface area contributed by atoms with E-state index >= 15 is 0 Å². The van der Waals surface area contributed by atoms with Crippen molar-refractivity contribution in [2.75, 3.05) is 23.7 Å². The van der Waals surface area contributed by atoms with Crippen LogP contribution < -0.4 is 4.90 Å². The number of halogens is 1. The van der Waals surface area contributed by atoms with Crippen LogP contribution in [-0.4, -0.2) is 28.8 Å². The molecule has 2 aliphatic heterocycles. The Kier molecular flexibility index (Phi) is 4.73. The molecule has 0 aromatic carbocycles. The molecule has 3 nitrogen and oxygen atoms in total. The third kappa shape index (κ3) is 2.75. The molecule has 0 bridgehead atoms. The van der Waals surface area contributed by atoms with E-state index < -0.39 is 0 Å². The molecule has 0 N–H and O–H groups in total. The van der Waals surface area contributed by atoms with Crippen molar-refractivity contribution >= 4 is 30.0 Å². The van der Waals surface area contributed by atoms with E-state index in [1.54, 1.807) is 0 Å². The fourth-order valence-electron chi connectivity index (χ4n) is 2.66. The number of thioether (sulfide) groups is 1. The third-order valence-corrected chi connectivity index (χ3v) is 4.69. The summed E-state index contributed by atoms with van der Waals surface area (Å²) in [6.07, 6.45) is 6.38. The molecule has 100 valence electrons. The lowest BCUT2D eigenvalue weighted by Crippen LogP contribution is -2.31. The summed E-state index contributed by atoms with van der Waals surface area (Å²) in [5, 5.41) is 0. The number of fused-ring (bicyclic) bond motifs is 1. The number of aryl methyl sites for hydroxylation is 2. The number of hydrogen-bond acceptors (Lipinski definition) is 4. The lowest BCUT2D eigenvalue weighted by Gasteiger charge is -2.31. The van der Waals surface area contributed by atoms with Crippen molar-refractivity contribution in [3.8, 4) is 0 Å². The van der Waals surface area contributed by atoms with E-state index in [1.807, 2.05) is 18.7 Å². The topological polar surface area (TPSA) is 29.0 Å². The van der Waals surface area contributed by atoms with E-state index in [0.717, 1.165) is 12.2 Å². The molecule has 3 heterocycles. The molecule has 0 amide bonds. The Labute approximate surface area is 119 Å². The van der Waals surface area contributed by atoms with Crippen molar-refractivity contribution in [3.05, 3.63) is 11.5 Å². The van der Waals surface area contributed by atoms with Gasteiger partial charge in [-0.05, 0) is 44.8 Å². The van der Waals surface area contributed by atoms with E-state index in [0.29, 0.717) is 0 Å². The second kappa shape index (κ2) is 6.11. The van der Waals surface area contributed by atoms with E-state index in [2.05, 4.69) is 9.88 Å². The zero-order valence-electron chi connectivity index (χ0n) is 10.8. The van der Waals surface area contributed by atoms with Crippen molar-refractivity contribution in [3.63, 3.8) is 0 Å². The number of nitrogens with zero attached hydrogens (tertiary/aromatic N) is 3. The molecule has 18 heavy (non-hydrogen) atoms. The smallest absolute Gasteiger partial charge is 0.146 e. The molecule has 1 fully saturated rings. The SMILES string of the molecule is Cc1nc2c(c(N3CCCCC3)n1)SCCC2.Cl. The molecular weight excluding hydrogens is 266 g/mol. The van der Waals surface area contributed by atoms with Crippen molar-refractivity contribution in [2.45, 2.75) is 43.9 Å². The summed E-state index contributed by atoms with van der Waals surface area (Å²) in [6, 6.07) is 0.